The summed E-state index contributed by atoms with van der Waals surface area (Å²) in [5.74, 6) is 0.0350. The molecule has 4 nitrogen and oxygen atoms in total. The zero-order chi connectivity index (χ0) is 19.8. The molecule has 4 heteroatoms. The topological polar surface area (TPSA) is 58.6 Å². The molecule has 0 saturated heterocycles. The lowest BCUT2D eigenvalue weighted by Gasteiger charge is -2.46. The van der Waals surface area contributed by atoms with Crippen LogP contribution in [0.5, 0.6) is 0 Å². The van der Waals surface area contributed by atoms with E-state index in [1.165, 1.54) is 22.3 Å². The summed E-state index contributed by atoms with van der Waals surface area (Å²) in [5.41, 5.74) is 5.25. The van der Waals surface area contributed by atoms with Crippen molar-refractivity contribution in [3.63, 3.8) is 0 Å². The van der Waals surface area contributed by atoms with Crippen molar-refractivity contribution in [1.82, 2.24) is 5.32 Å². The van der Waals surface area contributed by atoms with Crippen LogP contribution in [0.3, 0.4) is 0 Å². The first-order valence-electron chi connectivity index (χ1n) is 10.0. The molecule has 0 bridgehead atoms. The highest BCUT2D eigenvalue weighted by atomic mass is 16.5. The van der Waals surface area contributed by atoms with E-state index >= 15 is 0 Å². The number of aliphatic hydroxyl groups is 1. The second-order valence-corrected chi connectivity index (χ2v) is 7.96. The van der Waals surface area contributed by atoms with E-state index in [-0.39, 0.29) is 12.5 Å². The quantitative estimate of drug-likeness (QED) is 0.691. The minimum atomic E-state index is -0.552. The van der Waals surface area contributed by atoms with Crippen molar-refractivity contribution in [2.24, 2.45) is 0 Å². The van der Waals surface area contributed by atoms with Crippen LogP contribution >= 0.6 is 0 Å². The van der Waals surface area contributed by atoms with Crippen molar-refractivity contribution in [3.05, 3.63) is 95.6 Å². The van der Waals surface area contributed by atoms with Crippen LogP contribution in [-0.4, -0.2) is 23.9 Å². The van der Waals surface area contributed by atoms with Crippen molar-refractivity contribution < 1.29 is 14.6 Å². The second kappa shape index (κ2) is 7.05. The van der Waals surface area contributed by atoms with Crippen molar-refractivity contribution >= 4 is 6.09 Å². The van der Waals surface area contributed by atoms with Gasteiger partial charge in [-0.15, -0.1) is 0 Å². The number of carbonyl (C=O) groups excluding carboxylic acids is 1. The Morgan fingerprint density at radius 3 is 2.03 bits per heavy atom. The summed E-state index contributed by atoms with van der Waals surface area (Å²) in [4.78, 5) is 12.7. The van der Waals surface area contributed by atoms with E-state index in [1.807, 2.05) is 54.6 Å². The molecule has 2 N–H and O–H groups in total. The molecule has 0 atom stereocenters. The van der Waals surface area contributed by atoms with Crippen LogP contribution in [0.25, 0.3) is 11.1 Å². The molecule has 0 heterocycles. The van der Waals surface area contributed by atoms with Gasteiger partial charge in [0.1, 0.15) is 6.61 Å². The van der Waals surface area contributed by atoms with E-state index in [0.717, 1.165) is 5.56 Å². The zero-order valence-electron chi connectivity index (χ0n) is 16.0. The van der Waals surface area contributed by atoms with Gasteiger partial charge in [0.2, 0.25) is 0 Å². The number of hydrogen-bond donors (Lipinski definition) is 2. The lowest BCUT2D eigenvalue weighted by atomic mass is 9.70. The van der Waals surface area contributed by atoms with Gasteiger partial charge in [-0.25, -0.2) is 4.79 Å². The van der Waals surface area contributed by atoms with E-state index in [2.05, 4.69) is 29.6 Å². The van der Waals surface area contributed by atoms with E-state index in [1.54, 1.807) is 0 Å². The fourth-order valence-corrected chi connectivity index (χ4v) is 4.74. The van der Waals surface area contributed by atoms with Gasteiger partial charge in [0.15, 0.2) is 0 Å². The lowest BCUT2D eigenvalue weighted by Crippen LogP contribution is -2.57. The first-order valence-corrected chi connectivity index (χ1v) is 10.0. The van der Waals surface area contributed by atoms with Gasteiger partial charge < -0.3 is 15.2 Å². The molecule has 0 aliphatic heterocycles. The number of amides is 1. The van der Waals surface area contributed by atoms with Gasteiger partial charge in [-0.3, -0.25) is 0 Å². The Morgan fingerprint density at radius 1 is 0.897 bits per heavy atom. The summed E-state index contributed by atoms with van der Waals surface area (Å²) < 4.78 is 5.70. The summed E-state index contributed by atoms with van der Waals surface area (Å²) in [6.45, 7) is 0.285. The normalized spacial score (nSPS) is 22.3. The summed E-state index contributed by atoms with van der Waals surface area (Å²) in [6.07, 6.45) is 0.161. The van der Waals surface area contributed by atoms with Crippen molar-refractivity contribution in [2.45, 2.75) is 30.4 Å². The molecule has 1 amide bonds. The van der Waals surface area contributed by atoms with Crippen LogP contribution in [0.1, 0.15) is 35.4 Å². The monoisotopic (exact) mass is 385 g/mol. The molecule has 3 aromatic carbocycles. The fraction of sp³-hybridized carbons (Fsp3) is 0.240. The van der Waals surface area contributed by atoms with E-state index in [9.17, 15) is 9.90 Å². The van der Waals surface area contributed by atoms with Crippen LogP contribution in [-0.2, 0) is 10.3 Å². The molecule has 5 rings (SSSR count). The van der Waals surface area contributed by atoms with Gasteiger partial charge in [-0.05, 0) is 27.8 Å². The van der Waals surface area contributed by atoms with Crippen LogP contribution in [0.15, 0.2) is 78.9 Å². The van der Waals surface area contributed by atoms with Crippen molar-refractivity contribution in [2.75, 3.05) is 6.61 Å². The second-order valence-electron chi connectivity index (χ2n) is 7.96. The van der Waals surface area contributed by atoms with Gasteiger partial charge in [0.05, 0.1) is 11.6 Å². The predicted octanol–water partition coefficient (Wildman–Crippen LogP) is 4.58. The number of nitrogens with one attached hydrogen (secondary N) is 1. The number of ether oxygens (including phenoxy) is 1. The number of aliphatic hydroxyl groups excluding tert-OH is 1. The Kier molecular flexibility index (Phi) is 4.36. The highest BCUT2D eigenvalue weighted by molar-refractivity contribution is 5.79. The van der Waals surface area contributed by atoms with Crippen LogP contribution < -0.4 is 5.32 Å². The number of benzene rings is 3. The average Bonchev–Trinajstić information content (AvgIpc) is 3.05. The maximum Gasteiger partial charge on any atom is 0.407 e. The maximum atomic E-state index is 12.7. The Morgan fingerprint density at radius 2 is 1.45 bits per heavy atom. The summed E-state index contributed by atoms with van der Waals surface area (Å²) in [5, 5.41) is 12.9. The van der Waals surface area contributed by atoms with Crippen LogP contribution in [0.2, 0.25) is 0 Å². The van der Waals surface area contributed by atoms with Gasteiger partial charge in [-0.1, -0.05) is 78.9 Å². The van der Waals surface area contributed by atoms with Gasteiger partial charge >= 0.3 is 6.09 Å². The molecular weight excluding hydrogens is 362 g/mol. The molecule has 2 aliphatic rings. The summed E-state index contributed by atoms with van der Waals surface area (Å²) >= 11 is 0. The molecule has 0 aromatic heterocycles. The molecule has 0 radical (unpaired) electrons. The van der Waals surface area contributed by atoms with E-state index < -0.39 is 17.7 Å². The summed E-state index contributed by atoms with van der Waals surface area (Å²) in [7, 11) is 0. The molecule has 2 aliphatic carbocycles. The van der Waals surface area contributed by atoms with Gasteiger partial charge in [-0.2, -0.15) is 0 Å². The molecule has 1 saturated carbocycles. The Balaban J connectivity index is 1.32. The van der Waals surface area contributed by atoms with Crippen molar-refractivity contribution in [3.8, 4) is 11.1 Å². The first kappa shape index (κ1) is 18.0. The molecule has 1 fully saturated rings. The smallest absolute Gasteiger partial charge is 0.407 e. The van der Waals surface area contributed by atoms with Crippen LogP contribution in [0, 0.1) is 0 Å². The van der Waals surface area contributed by atoms with Gasteiger partial charge in [0.25, 0.3) is 0 Å². The molecular formula is C25H23NO3. The molecule has 0 spiro atoms. The average molecular weight is 385 g/mol. The van der Waals surface area contributed by atoms with Gasteiger partial charge in [0, 0.05) is 18.8 Å². The third kappa shape index (κ3) is 3.10. The standard InChI is InChI=1S/C25H23NO3/c27-18-14-25(15-18,17-8-2-1-3-9-17)26-24(28)29-16-23-21-12-6-4-10-19(21)20-11-5-7-13-22(20)23/h1-13,18,23,27H,14-16H2,(H,26,28). The molecule has 0 unspecified atom stereocenters. The van der Waals surface area contributed by atoms with E-state index in [0.29, 0.717) is 12.8 Å². The molecule has 29 heavy (non-hydrogen) atoms. The Labute approximate surface area is 170 Å². The van der Waals surface area contributed by atoms with Crippen LogP contribution in [0.4, 0.5) is 4.79 Å². The predicted molar refractivity (Wildman–Crippen MR) is 112 cm³/mol. The Hall–Kier alpha value is -3.11. The number of carbonyl (C=O) groups is 1. The molecule has 146 valence electrons. The lowest BCUT2D eigenvalue weighted by molar-refractivity contribution is -0.00162. The van der Waals surface area contributed by atoms with Crippen molar-refractivity contribution in [1.29, 1.82) is 0 Å². The third-order valence-electron chi connectivity index (χ3n) is 6.18. The number of alkyl carbamates (subject to hydrolysis) is 1. The SMILES string of the molecule is O=C(NC1(c2ccccc2)CC(O)C1)OCC1c2ccccc2-c2ccccc21. The molecule has 3 aromatic rings. The number of rotatable bonds is 4. The third-order valence-corrected chi connectivity index (χ3v) is 6.18. The number of fused-ring (bicyclic) bond motifs is 3. The number of hydrogen-bond acceptors (Lipinski definition) is 3. The highest BCUT2D eigenvalue weighted by Crippen LogP contribution is 2.45. The highest BCUT2D eigenvalue weighted by Gasteiger charge is 2.46. The fourth-order valence-electron chi connectivity index (χ4n) is 4.74. The minimum absolute atomic E-state index is 0.0350. The summed E-state index contributed by atoms with van der Waals surface area (Å²) in [6, 6.07) is 26.4. The minimum Gasteiger partial charge on any atom is -0.449 e. The maximum absolute atomic E-state index is 12.7. The van der Waals surface area contributed by atoms with E-state index in [4.69, 9.17) is 4.74 Å². The largest absolute Gasteiger partial charge is 0.449 e. The first-order chi connectivity index (χ1) is 14.2. The Bertz CT molecular complexity index is 995. The zero-order valence-corrected chi connectivity index (χ0v) is 16.0.